The number of nitrogens with zero attached hydrogens (tertiary/aromatic N) is 2. The van der Waals surface area contributed by atoms with Crippen LogP contribution in [0.2, 0.25) is 0 Å². The zero-order valence-corrected chi connectivity index (χ0v) is 16.8. The van der Waals surface area contributed by atoms with E-state index in [2.05, 4.69) is 10.4 Å². The van der Waals surface area contributed by atoms with Crippen LogP contribution in [0.3, 0.4) is 0 Å². The lowest BCUT2D eigenvalue weighted by Gasteiger charge is -2.13. The van der Waals surface area contributed by atoms with Crippen molar-refractivity contribution in [1.29, 1.82) is 0 Å². The average molecular weight is 397 g/mol. The zero-order valence-electron chi connectivity index (χ0n) is 16.8. The van der Waals surface area contributed by atoms with Crippen LogP contribution in [0.1, 0.15) is 15.9 Å². The molecule has 1 aromatic heterocycles. The van der Waals surface area contributed by atoms with Gasteiger partial charge in [0.25, 0.3) is 5.91 Å². The fourth-order valence-corrected chi connectivity index (χ4v) is 2.89. The molecule has 152 valence electrons. The Morgan fingerprint density at radius 2 is 1.72 bits per heavy atom. The van der Waals surface area contributed by atoms with Gasteiger partial charge in [-0.05, 0) is 29.8 Å². The summed E-state index contributed by atoms with van der Waals surface area (Å²) in [6.07, 6.45) is 3.35. The highest BCUT2D eigenvalue weighted by molar-refractivity contribution is 6.05. The molecule has 0 atom stereocenters. The first-order valence-corrected chi connectivity index (χ1v) is 8.84. The van der Waals surface area contributed by atoms with Gasteiger partial charge in [0.15, 0.2) is 11.5 Å². The Bertz CT molecular complexity index is 974. The number of ether oxygens (including phenoxy) is 4. The molecule has 0 saturated heterocycles. The molecule has 8 heteroatoms. The molecule has 0 radical (unpaired) electrons. The van der Waals surface area contributed by atoms with Crippen LogP contribution < -0.4 is 24.3 Å². The summed E-state index contributed by atoms with van der Waals surface area (Å²) < 4.78 is 22.9. The molecule has 0 saturated carbocycles. The molecule has 1 heterocycles. The van der Waals surface area contributed by atoms with Crippen molar-refractivity contribution in [2.24, 2.45) is 0 Å². The van der Waals surface area contributed by atoms with Crippen LogP contribution in [0.15, 0.2) is 48.8 Å². The number of rotatable bonds is 8. The largest absolute Gasteiger partial charge is 0.497 e. The molecular weight excluding hydrogens is 374 g/mol. The highest BCUT2D eigenvalue weighted by Gasteiger charge is 2.17. The maximum absolute atomic E-state index is 12.7. The minimum atomic E-state index is -0.315. The van der Waals surface area contributed by atoms with Crippen molar-refractivity contribution in [2.45, 2.75) is 6.54 Å². The Morgan fingerprint density at radius 3 is 2.34 bits per heavy atom. The van der Waals surface area contributed by atoms with E-state index >= 15 is 0 Å². The molecule has 3 aromatic rings. The van der Waals surface area contributed by atoms with E-state index in [4.69, 9.17) is 18.9 Å². The lowest BCUT2D eigenvalue weighted by Crippen LogP contribution is -2.12. The van der Waals surface area contributed by atoms with Crippen molar-refractivity contribution in [2.75, 3.05) is 33.8 Å². The van der Waals surface area contributed by atoms with E-state index in [-0.39, 0.29) is 5.91 Å². The minimum absolute atomic E-state index is 0.315. The van der Waals surface area contributed by atoms with Crippen LogP contribution in [0, 0.1) is 0 Å². The summed E-state index contributed by atoms with van der Waals surface area (Å²) in [6, 6.07) is 10.9. The van der Waals surface area contributed by atoms with E-state index < -0.39 is 0 Å². The lowest BCUT2D eigenvalue weighted by molar-refractivity contribution is 0.102. The number of hydrogen-bond acceptors (Lipinski definition) is 6. The van der Waals surface area contributed by atoms with Crippen molar-refractivity contribution >= 4 is 11.6 Å². The maximum atomic E-state index is 12.7. The molecule has 0 aliphatic carbocycles. The van der Waals surface area contributed by atoms with Gasteiger partial charge < -0.3 is 24.3 Å². The first-order valence-electron chi connectivity index (χ1n) is 8.84. The highest BCUT2D eigenvalue weighted by Crippen LogP contribution is 2.38. The maximum Gasteiger partial charge on any atom is 0.256 e. The third kappa shape index (κ3) is 4.60. The molecule has 0 fully saturated rings. The van der Waals surface area contributed by atoms with Gasteiger partial charge in [0.2, 0.25) is 5.75 Å². The van der Waals surface area contributed by atoms with Crippen molar-refractivity contribution in [1.82, 2.24) is 9.78 Å². The van der Waals surface area contributed by atoms with Gasteiger partial charge in [-0.15, -0.1) is 0 Å². The van der Waals surface area contributed by atoms with Crippen LogP contribution in [0.5, 0.6) is 23.0 Å². The quantitative estimate of drug-likeness (QED) is 0.628. The first kappa shape index (κ1) is 20.1. The Morgan fingerprint density at radius 1 is 1.00 bits per heavy atom. The van der Waals surface area contributed by atoms with Gasteiger partial charge in [0.1, 0.15) is 5.75 Å². The summed E-state index contributed by atoms with van der Waals surface area (Å²) in [5, 5.41) is 7.13. The zero-order chi connectivity index (χ0) is 20.8. The Kier molecular flexibility index (Phi) is 6.23. The molecule has 2 aromatic carbocycles. The SMILES string of the molecule is COc1cccc(Cn2cc(NC(=O)c3cc(OC)c(OC)c(OC)c3)cn2)c1. The van der Waals surface area contributed by atoms with E-state index in [1.807, 2.05) is 24.3 Å². The molecule has 0 spiro atoms. The van der Waals surface area contributed by atoms with Gasteiger partial charge in [-0.25, -0.2) is 0 Å². The Balaban J connectivity index is 1.74. The summed E-state index contributed by atoms with van der Waals surface area (Å²) >= 11 is 0. The summed E-state index contributed by atoms with van der Waals surface area (Å²) in [6.45, 7) is 0.553. The van der Waals surface area contributed by atoms with Gasteiger partial charge in [-0.2, -0.15) is 5.10 Å². The van der Waals surface area contributed by atoms with Crippen molar-refractivity contribution in [3.8, 4) is 23.0 Å². The lowest BCUT2D eigenvalue weighted by atomic mass is 10.1. The monoisotopic (exact) mass is 397 g/mol. The Hall–Kier alpha value is -3.68. The van der Waals surface area contributed by atoms with Crippen LogP contribution >= 0.6 is 0 Å². The third-order valence-corrected chi connectivity index (χ3v) is 4.30. The number of amides is 1. The number of nitrogens with one attached hydrogen (secondary N) is 1. The predicted octanol–water partition coefficient (Wildman–Crippen LogP) is 3.22. The number of anilines is 1. The first-order chi connectivity index (χ1) is 14.1. The molecule has 0 bridgehead atoms. The minimum Gasteiger partial charge on any atom is -0.497 e. The molecule has 1 N–H and O–H groups in total. The van der Waals surface area contributed by atoms with Gasteiger partial charge in [-0.3, -0.25) is 9.48 Å². The van der Waals surface area contributed by atoms with Gasteiger partial charge >= 0.3 is 0 Å². The second kappa shape index (κ2) is 9.01. The molecular formula is C21H23N3O5. The van der Waals surface area contributed by atoms with Gasteiger partial charge in [0, 0.05) is 11.8 Å². The second-order valence-electron chi connectivity index (χ2n) is 6.15. The van der Waals surface area contributed by atoms with Crippen LogP contribution in [-0.2, 0) is 6.54 Å². The fourth-order valence-electron chi connectivity index (χ4n) is 2.89. The van der Waals surface area contributed by atoms with Crippen molar-refractivity contribution in [3.63, 3.8) is 0 Å². The van der Waals surface area contributed by atoms with E-state index in [1.54, 1.807) is 36.3 Å². The molecule has 0 aliphatic rings. The number of hydrogen-bond donors (Lipinski definition) is 1. The second-order valence-corrected chi connectivity index (χ2v) is 6.15. The van der Waals surface area contributed by atoms with Gasteiger partial charge in [0.05, 0.1) is 46.9 Å². The normalized spacial score (nSPS) is 10.3. The van der Waals surface area contributed by atoms with E-state index in [0.717, 1.165) is 11.3 Å². The van der Waals surface area contributed by atoms with E-state index in [9.17, 15) is 4.79 Å². The van der Waals surface area contributed by atoms with Crippen LogP contribution in [0.4, 0.5) is 5.69 Å². The number of carbonyl (C=O) groups is 1. The number of benzene rings is 2. The van der Waals surface area contributed by atoms with Crippen LogP contribution in [0.25, 0.3) is 0 Å². The standard InChI is InChI=1S/C21H23N3O5/c1-26-17-7-5-6-14(8-17)12-24-13-16(11-22-24)23-21(25)15-9-18(27-2)20(29-4)19(10-15)28-3/h5-11,13H,12H2,1-4H3,(H,23,25). The predicted molar refractivity (Wildman–Crippen MR) is 108 cm³/mol. The highest BCUT2D eigenvalue weighted by atomic mass is 16.5. The molecule has 1 amide bonds. The van der Waals surface area contributed by atoms with E-state index in [0.29, 0.717) is 35.0 Å². The Labute approximate surface area is 169 Å². The number of methoxy groups -OCH3 is 4. The number of aromatic nitrogens is 2. The smallest absolute Gasteiger partial charge is 0.256 e. The fraction of sp³-hybridized carbons (Fsp3) is 0.238. The van der Waals surface area contributed by atoms with Crippen molar-refractivity contribution in [3.05, 3.63) is 59.9 Å². The van der Waals surface area contributed by atoms with Gasteiger partial charge in [-0.1, -0.05) is 12.1 Å². The molecule has 29 heavy (non-hydrogen) atoms. The number of carbonyl (C=O) groups excluding carboxylic acids is 1. The summed E-state index contributed by atoms with van der Waals surface area (Å²) in [7, 11) is 6.14. The summed E-state index contributed by atoms with van der Waals surface area (Å²) in [5.41, 5.74) is 1.99. The van der Waals surface area contributed by atoms with Crippen molar-refractivity contribution < 1.29 is 23.7 Å². The summed E-state index contributed by atoms with van der Waals surface area (Å²) in [4.78, 5) is 12.7. The topological polar surface area (TPSA) is 83.8 Å². The van der Waals surface area contributed by atoms with Crippen LogP contribution in [-0.4, -0.2) is 44.1 Å². The molecule has 0 aliphatic heterocycles. The van der Waals surface area contributed by atoms with E-state index in [1.165, 1.54) is 21.3 Å². The third-order valence-electron chi connectivity index (χ3n) is 4.30. The average Bonchev–Trinajstić information content (AvgIpc) is 3.19. The molecule has 0 unspecified atom stereocenters. The molecule has 8 nitrogen and oxygen atoms in total. The molecule has 3 rings (SSSR count). The summed E-state index contributed by atoms with van der Waals surface area (Å²) in [5.74, 6) is 1.71.